The van der Waals surface area contributed by atoms with E-state index in [1.54, 1.807) is 24.3 Å². The summed E-state index contributed by atoms with van der Waals surface area (Å²) < 4.78 is 5.78. The molecule has 1 atom stereocenters. The van der Waals surface area contributed by atoms with E-state index in [1.807, 2.05) is 23.5 Å². The van der Waals surface area contributed by atoms with Gasteiger partial charge >= 0.3 is 5.97 Å². The Kier molecular flexibility index (Phi) is 19.0. The second-order valence-electron chi connectivity index (χ2n) is 14.4. The smallest absolute Gasteiger partial charge is 0.330 e. The topological polar surface area (TPSA) is 87.7 Å². The molecule has 0 unspecified atom stereocenters. The summed E-state index contributed by atoms with van der Waals surface area (Å²) in [6.45, 7) is 6.41. The predicted octanol–water partition coefficient (Wildman–Crippen LogP) is 10.3. The van der Waals surface area contributed by atoms with Crippen LogP contribution in [0.4, 0.5) is 5.69 Å². The summed E-state index contributed by atoms with van der Waals surface area (Å²) in [4.78, 5) is 42.1. The molecule has 4 rings (SSSR count). The van der Waals surface area contributed by atoms with Gasteiger partial charge in [-0.1, -0.05) is 109 Å². The van der Waals surface area contributed by atoms with Crippen LogP contribution in [0.1, 0.15) is 143 Å². The van der Waals surface area contributed by atoms with Crippen molar-refractivity contribution in [2.24, 2.45) is 0 Å². The molecule has 8 heteroatoms. The quantitative estimate of drug-likeness (QED) is 0.0515. The average Bonchev–Trinajstić information content (AvgIpc) is 3.68. The van der Waals surface area contributed by atoms with E-state index in [-0.39, 0.29) is 18.4 Å². The fourth-order valence-electron chi connectivity index (χ4n) is 7.28. The highest BCUT2D eigenvalue weighted by Gasteiger charge is 2.26. The first-order valence-corrected chi connectivity index (χ1v) is 21.1. The summed E-state index contributed by atoms with van der Waals surface area (Å²) >= 11 is 1.82. The van der Waals surface area contributed by atoms with Crippen LogP contribution in [0.2, 0.25) is 0 Å². The monoisotopic (exact) mass is 729 g/mol. The van der Waals surface area contributed by atoms with E-state index in [1.165, 1.54) is 81.1 Å². The molecular formula is C44H63N3O4S. The molecular weight excluding hydrogens is 667 g/mol. The van der Waals surface area contributed by atoms with Crippen molar-refractivity contribution in [2.45, 2.75) is 142 Å². The third kappa shape index (κ3) is 14.9. The molecule has 1 aromatic heterocycles. The maximum absolute atomic E-state index is 12.8. The van der Waals surface area contributed by atoms with Gasteiger partial charge in [0.1, 0.15) is 12.3 Å². The van der Waals surface area contributed by atoms with Gasteiger partial charge in [0.25, 0.3) is 5.91 Å². The number of hydrogen-bond donors (Lipinski definition) is 2. The fourth-order valence-corrected chi connectivity index (χ4v) is 7.98. The second kappa shape index (κ2) is 23.9. The van der Waals surface area contributed by atoms with Gasteiger partial charge in [-0.25, -0.2) is 4.79 Å². The summed E-state index contributed by atoms with van der Waals surface area (Å²) in [5.41, 5.74) is 3.41. The molecule has 0 spiro atoms. The first-order chi connectivity index (χ1) is 25.5. The van der Waals surface area contributed by atoms with E-state index in [4.69, 9.17) is 4.74 Å². The van der Waals surface area contributed by atoms with Crippen molar-refractivity contribution in [1.82, 2.24) is 10.2 Å². The summed E-state index contributed by atoms with van der Waals surface area (Å²) in [6.07, 6.45) is 22.1. The van der Waals surface area contributed by atoms with E-state index < -0.39 is 5.97 Å². The van der Waals surface area contributed by atoms with Crippen LogP contribution in [0.3, 0.4) is 0 Å². The molecule has 0 aliphatic heterocycles. The van der Waals surface area contributed by atoms with Crippen molar-refractivity contribution in [3.05, 3.63) is 81.5 Å². The van der Waals surface area contributed by atoms with Crippen LogP contribution in [0.15, 0.2) is 60.0 Å². The molecule has 284 valence electrons. The number of ether oxygens (including phenoxy) is 1. The van der Waals surface area contributed by atoms with E-state index in [0.717, 1.165) is 63.6 Å². The molecule has 1 aliphatic rings. The van der Waals surface area contributed by atoms with Gasteiger partial charge in [0.15, 0.2) is 0 Å². The van der Waals surface area contributed by atoms with Crippen LogP contribution in [0.25, 0.3) is 0 Å². The van der Waals surface area contributed by atoms with Crippen molar-refractivity contribution in [3.8, 4) is 5.75 Å². The zero-order valence-corrected chi connectivity index (χ0v) is 32.7. The first-order valence-electron chi connectivity index (χ1n) is 20.2. The van der Waals surface area contributed by atoms with E-state index in [0.29, 0.717) is 29.5 Å². The van der Waals surface area contributed by atoms with Crippen molar-refractivity contribution in [3.63, 3.8) is 0 Å². The number of unbranched alkanes of at least 4 members (excludes halogenated alkanes) is 12. The molecule has 0 saturated heterocycles. The highest BCUT2D eigenvalue weighted by atomic mass is 32.1. The number of esters is 1. The molecule has 0 saturated carbocycles. The summed E-state index contributed by atoms with van der Waals surface area (Å²) in [7, 11) is 0. The average molecular weight is 730 g/mol. The van der Waals surface area contributed by atoms with Gasteiger partial charge in [-0.05, 0) is 98.0 Å². The molecule has 2 N–H and O–H groups in total. The number of rotatable bonds is 25. The first kappa shape index (κ1) is 41.3. The Balaban J connectivity index is 1.10. The minimum atomic E-state index is -0.496. The molecule has 1 heterocycles. The second-order valence-corrected chi connectivity index (χ2v) is 15.5. The Morgan fingerprint density at radius 2 is 1.48 bits per heavy atom. The Labute approximate surface area is 317 Å². The zero-order chi connectivity index (χ0) is 36.8. The number of nitrogens with zero attached hydrogens (tertiary/aromatic N) is 1. The largest absolute Gasteiger partial charge is 0.425 e. The maximum atomic E-state index is 12.8. The number of amides is 2. The lowest BCUT2D eigenvalue weighted by atomic mass is 9.86. The minimum absolute atomic E-state index is 0.00549. The SMILES string of the molecule is CCCCCCCCCCCCCCCC(=O)Nc1ccc(C(=O)NCC(=O)Oc2cccc3c2CC[C@H](N(CCC)CCc2cccs2)C3)cc1. The van der Waals surface area contributed by atoms with Gasteiger partial charge in [0.2, 0.25) is 5.91 Å². The maximum Gasteiger partial charge on any atom is 0.330 e. The van der Waals surface area contributed by atoms with E-state index in [9.17, 15) is 14.4 Å². The minimum Gasteiger partial charge on any atom is -0.425 e. The highest BCUT2D eigenvalue weighted by Crippen LogP contribution is 2.32. The Bertz CT molecular complexity index is 1470. The Hall–Kier alpha value is -3.49. The summed E-state index contributed by atoms with van der Waals surface area (Å²) in [6, 6.07) is 17.5. The van der Waals surface area contributed by atoms with Crippen molar-refractivity contribution >= 4 is 34.8 Å². The molecule has 2 amide bonds. The van der Waals surface area contributed by atoms with Crippen molar-refractivity contribution in [1.29, 1.82) is 0 Å². The van der Waals surface area contributed by atoms with Gasteiger partial charge < -0.3 is 15.4 Å². The predicted molar refractivity (Wildman–Crippen MR) is 215 cm³/mol. The lowest BCUT2D eigenvalue weighted by molar-refractivity contribution is -0.133. The van der Waals surface area contributed by atoms with Crippen molar-refractivity contribution in [2.75, 3.05) is 25.0 Å². The van der Waals surface area contributed by atoms with Crippen LogP contribution in [-0.4, -0.2) is 48.4 Å². The number of hydrogen-bond acceptors (Lipinski definition) is 6. The molecule has 2 aromatic carbocycles. The summed E-state index contributed by atoms with van der Waals surface area (Å²) in [5, 5.41) is 7.76. The molecule has 1 aliphatic carbocycles. The molecule has 3 aromatic rings. The highest BCUT2D eigenvalue weighted by molar-refractivity contribution is 7.09. The molecule has 52 heavy (non-hydrogen) atoms. The fraction of sp³-hybridized carbons (Fsp3) is 0.568. The Morgan fingerprint density at radius 3 is 2.13 bits per heavy atom. The van der Waals surface area contributed by atoms with Crippen molar-refractivity contribution < 1.29 is 19.1 Å². The third-order valence-electron chi connectivity index (χ3n) is 10.2. The van der Waals surface area contributed by atoms with Crippen LogP contribution < -0.4 is 15.4 Å². The lowest BCUT2D eigenvalue weighted by Crippen LogP contribution is -2.41. The van der Waals surface area contributed by atoms with Gasteiger partial charge in [-0.15, -0.1) is 11.3 Å². The number of carbonyl (C=O) groups excluding carboxylic acids is 3. The normalized spacial score (nSPS) is 13.9. The number of anilines is 1. The molecule has 0 radical (unpaired) electrons. The number of benzene rings is 2. The summed E-state index contributed by atoms with van der Waals surface area (Å²) in [5.74, 6) is -0.272. The van der Waals surface area contributed by atoms with E-state index >= 15 is 0 Å². The van der Waals surface area contributed by atoms with Gasteiger partial charge in [0.05, 0.1) is 0 Å². The number of carbonyl (C=O) groups is 3. The molecule has 0 bridgehead atoms. The Morgan fingerprint density at radius 1 is 0.788 bits per heavy atom. The number of thiophene rings is 1. The van der Waals surface area contributed by atoms with Crippen LogP contribution >= 0.6 is 11.3 Å². The van der Waals surface area contributed by atoms with E-state index in [2.05, 4.69) is 53.0 Å². The number of nitrogens with one attached hydrogen (secondary N) is 2. The number of fused-ring (bicyclic) bond motifs is 1. The van der Waals surface area contributed by atoms with Gasteiger partial charge in [-0.2, -0.15) is 0 Å². The van der Waals surface area contributed by atoms with Crippen LogP contribution in [-0.2, 0) is 28.9 Å². The molecule has 0 fully saturated rings. The standard InChI is InChI=1S/C44H63N3O4S/c1-3-5-6-7-8-9-10-11-12-13-14-15-16-22-42(48)46-37-25-23-35(24-26-37)44(50)45-34-43(49)51-41-21-17-19-36-33-38(27-28-40(36)41)47(30-4-2)31-29-39-20-18-32-52-39/h17-21,23-26,32,38H,3-16,22,27-31,33-34H2,1-2H3,(H,45,50)(H,46,48)/t38-/m0/s1. The zero-order valence-electron chi connectivity index (χ0n) is 31.9. The molecule has 7 nitrogen and oxygen atoms in total. The van der Waals surface area contributed by atoms with Crippen LogP contribution in [0.5, 0.6) is 5.75 Å². The van der Waals surface area contributed by atoms with Gasteiger partial charge in [0, 0.05) is 35.1 Å². The van der Waals surface area contributed by atoms with Gasteiger partial charge in [-0.3, -0.25) is 14.5 Å². The van der Waals surface area contributed by atoms with Crippen LogP contribution in [0, 0.1) is 0 Å². The third-order valence-corrected chi connectivity index (χ3v) is 11.2. The lowest BCUT2D eigenvalue weighted by Gasteiger charge is -2.35.